The maximum absolute atomic E-state index is 12.7. The number of carbonyl (C=O) groups excluding carboxylic acids is 3. The Kier molecular flexibility index (Phi) is 6.29. The van der Waals surface area contributed by atoms with E-state index in [1.165, 1.54) is 15.9 Å². The molecule has 0 aromatic heterocycles. The van der Waals surface area contributed by atoms with Crippen LogP contribution < -0.4 is 5.32 Å². The molecule has 4 amide bonds. The number of aliphatic hydroxyl groups is 1. The predicted molar refractivity (Wildman–Crippen MR) is 110 cm³/mol. The SMILES string of the molecule is CC(C)CN1C(=O)c2ccc(NC(=O)N(CCO)Cc3ccccc3)cc2C1=O. The zero-order valence-corrected chi connectivity index (χ0v) is 16.6. The summed E-state index contributed by atoms with van der Waals surface area (Å²) in [4.78, 5) is 40.5. The molecule has 7 heteroatoms. The zero-order chi connectivity index (χ0) is 21.0. The highest BCUT2D eigenvalue weighted by Crippen LogP contribution is 2.26. The number of imide groups is 1. The van der Waals surface area contributed by atoms with Crippen LogP contribution in [0.25, 0.3) is 0 Å². The number of benzene rings is 2. The Morgan fingerprint density at radius 2 is 1.76 bits per heavy atom. The van der Waals surface area contributed by atoms with Crippen molar-refractivity contribution in [2.24, 2.45) is 5.92 Å². The molecule has 7 nitrogen and oxygen atoms in total. The largest absolute Gasteiger partial charge is 0.395 e. The van der Waals surface area contributed by atoms with Crippen molar-refractivity contribution in [1.82, 2.24) is 9.80 Å². The van der Waals surface area contributed by atoms with Crippen molar-refractivity contribution in [2.45, 2.75) is 20.4 Å². The molecule has 0 bridgehead atoms. The average Bonchev–Trinajstić information content (AvgIpc) is 2.92. The molecule has 3 rings (SSSR count). The summed E-state index contributed by atoms with van der Waals surface area (Å²) >= 11 is 0. The van der Waals surface area contributed by atoms with Crippen LogP contribution in [0.4, 0.5) is 10.5 Å². The predicted octanol–water partition coefficient (Wildman–Crippen LogP) is 2.97. The van der Waals surface area contributed by atoms with E-state index in [0.29, 0.717) is 29.9 Å². The van der Waals surface area contributed by atoms with Crippen molar-refractivity contribution in [2.75, 3.05) is 25.0 Å². The minimum absolute atomic E-state index is 0.165. The zero-order valence-electron chi connectivity index (χ0n) is 16.6. The molecule has 0 saturated heterocycles. The van der Waals surface area contributed by atoms with Gasteiger partial charge in [-0.2, -0.15) is 0 Å². The van der Waals surface area contributed by atoms with E-state index >= 15 is 0 Å². The Bertz CT molecular complexity index is 912. The van der Waals surface area contributed by atoms with E-state index in [9.17, 15) is 19.5 Å². The molecular formula is C22H25N3O4. The molecule has 2 aromatic rings. The minimum atomic E-state index is -0.390. The molecule has 0 spiro atoms. The van der Waals surface area contributed by atoms with Gasteiger partial charge in [-0.25, -0.2) is 4.79 Å². The summed E-state index contributed by atoms with van der Waals surface area (Å²) in [5, 5.41) is 12.1. The molecule has 0 atom stereocenters. The first-order valence-electron chi connectivity index (χ1n) is 9.61. The van der Waals surface area contributed by atoms with Crippen LogP contribution in [-0.2, 0) is 6.54 Å². The average molecular weight is 395 g/mol. The van der Waals surface area contributed by atoms with Gasteiger partial charge in [0.25, 0.3) is 11.8 Å². The first-order valence-corrected chi connectivity index (χ1v) is 9.61. The van der Waals surface area contributed by atoms with Crippen LogP contribution in [0, 0.1) is 5.92 Å². The minimum Gasteiger partial charge on any atom is -0.395 e. The molecule has 0 unspecified atom stereocenters. The molecule has 1 aliphatic rings. The van der Waals surface area contributed by atoms with Gasteiger partial charge < -0.3 is 15.3 Å². The third-order valence-corrected chi connectivity index (χ3v) is 4.64. The summed E-state index contributed by atoms with van der Waals surface area (Å²) in [6.07, 6.45) is 0. The Morgan fingerprint density at radius 1 is 1.07 bits per heavy atom. The van der Waals surface area contributed by atoms with Gasteiger partial charge in [0.1, 0.15) is 0 Å². The number of nitrogens with one attached hydrogen (secondary N) is 1. The number of amides is 4. The van der Waals surface area contributed by atoms with Gasteiger partial charge >= 0.3 is 6.03 Å². The number of aliphatic hydroxyl groups excluding tert-OH is 1. The summed E-state index contributed by atoms with van der Waals surface area (Å²) in [5.74, 6) is -0.477. The number of urea groups is 1. The highest BCUT2D eigenvalue weighted by atomic mass is 16.3. The van der Waals surface area contributed by atoms with Gasteiger partial charge in [-0.3, -0.25) is 14.5 Å². The highest BCUT2D eigenvalue weighted by Gasteiger charge is 2.35. The number of hydrogen-bond donors (Lipinski definition) is 2. The molecule has 1 heterocycles. The molecule has 2 aromatic carbocycles. The summed E-state index contributed by atoms with van der Waals surface area (Å²) in [7, 11) is 0. The lowest BCUT2D eigenvalue weighted by Gasteiger charge is -2.22. The second kappa shape index (κ2) is 8.87. The van der Waals surface area contributed by atoms with E-state index < -0.39 is 6.03 Å². The number of fused-ring (bicyclic) bond motifs is 1. The van der Waals surface area contributed by atoms with Gasteiger partial charge in [0, 0.05) is 25.3 Å². The second-order valence-electron chi connectivity index (χ2n) is 7.44. The molecule has 0 aliphatic carbocycles. The molecule has 2 N–H and O–H groups in total. The summed E-state index contributed by atoms with van der Waals surface area (Å²) in [6.45, 7) is 4.59. The van der Waals surface area contributed by atoms with Crippen molar-refractivity contribution < 1.29 is 19.5 Å². The standard InChI is InChI=1S/C22H25N3O4/c1-15(2)13-25-20(27)18-9-8-17(12-19(18)21(25)28)23-22(29)24(10-11-26)14-16-6-4-3-5-7-16/h3-9,12,15,26H,10-11,13-14H2,1-2H3,(H,23,29). The van der Waals surface area contributed by atoms with Crippen LogP contribution in [-0.4, -0.2) is 52.4 Å². The van der Waals surface area contributed by atoms with Gasteiger partial charge in [0.15, 0.2) is 0 Å². The number of carbonyl (C=O) groups is 3. The molecule has 1 aliphatic heterocycles. The Morgan fingerprint density at radius 3 is 2.41 bits per heavy atom. The lowest BCUT2D eigenvalue weighted by Crippen LogP contribution is -2.36. The highest BCUT2D eigenvalue weighted by molar-refractivity contribution is 6.21. The van der Waals surface area contributed by atoms with Gasteiger partial charge in [-0.05, 0) is 29.7 Å². The van der Waals surface area contributed by atoms with Crippen LogP contribution in [0.1, 0.15) is 40.1 Å². The van der Waals surface area contributed by atoms with Crippen molar-refractivity contribution in [1.29, 1.82) is 0 Å². The van der Waals surface area contributed by atoms with Crippen LogP contribution in [0.15, 0.2) is 48.5 Å². The molecule has 0 radical (unpaired) electrons. The molecule has 0 fully saturated rings. The van der Waals surface area contributed by atoms with E-state index in [1.807, 2.05) is 44.2 Å². The van der Waals surface area contributed by atoms with E-state index in [2.05, 4.69) is 5.32 Å². The fourth-order valence-electron chi connectivity index (χ4n) is 3.28. The van der Waals surface area contributed by atoms with Crippen molar-refractivity contribution in [3.63, 3.8) is 0 Å². The van der Waals surface area contributed by atoms with Crippen LogP contribution in [0.2, 0.25) is 0 Å². The third-order valence-electron chi connectivity index (χ3n) is 4.64. The van der Waals surface area contributed by atoms with Crippen molar-refractivity contribution in [3.8, 4) is 0 Å². The maximum Gasteiger partial charge on any atom is 0.322 e. The van der Waals surface area contributed by atoms with Gasteiger partial charge in [0.2, 0.25) is 0 Å². The molecule has 0 saturated carbocycles. The van der Waals surface area contributed by atoms with E-state index in [4.69, 9.17) is 0 Å². The first kappa shape index (κ1) is 20.5. The number of anilines is 1. The number of rotatable bonds is 7. The Balaban J connectivity index is 1.75. The summed E-state index contributed by atoms with van der Waals surface area (Å²) < 4.78 is 0. The molecule has 152 valence electrons. The quantitative estimate of drug-likeness (QED) is 0.706. The fourth-order valence-corrected chi connectivity index (χ4v) is 3.28. The lowest BCUT2D eigenvalue weighted by molar-refractivity contribution is 0.0636. The number of hydrogen-bond acceptors (Lipinski definition) is 4. The molecule has 29 heavy (non-hydrogen) atoms. The van der Waals surface area contributed by atoms with Crippen LogP contribution in [0.3, 0.4) is 0 Å². The topological polar surface area (TPSA) is 90.0 Å². The molecular weight excluding hydrogens is 370 g/mol. The van der Waals surface area contributed by atoms with E-state index in [1.54, 1.807) is 12.1 Å². The maximum atomic E-state index is 12.7. The van der Waals surface area contributed by atoms with Gasteiger partial charge in [-0.1, -0.05) is 44.2 Å². The van der Waals surface area contributed by atoms with Crippen molar-refractivity contribution >= 4 is 23.5 Å². The Labute approximate surface area is 169 Å². The summed E-state index contributed by atoms with van der Waals surface area (Å²) in [5.41, 5.74) is 2.02. The summed E-state index contributed by atoms with van der Waals surface area (Å²) in [6, 6.07) is 13.8. The lowest BCUT2D eigenvalue weighted by atomic mass is 10.1. The third kappa shape index (κ3) is 4.63. The second-order valence-corrected chi connectivity index (χ2v) is 7.44. The monoisotopic (exact) mass is 395 g/mol. The smallest absolute Gasteiger partial charge is 0.322 e. The van der Waals surface area contributed by atoms with Crippen LogP contribution in [0.5, 0.6) is 0 Å². The van der Waals surface area contributed by atoms with Crippen molar-refractivity contribution in [3.05, 3.63) is 65.2 Å². The van der Waals surface area contributed by atoms with Crippen LogP contribution >= 0.6 is 0 Å². The van der Waals surface area contributed by atoms with E-state index in [0.717, 1.165) is 5.56 Å². The Hall–Kier alpha value is -3.19. The van der Waals surface area contributed by atoms with E-state index in [-0.39, 0.29) is 30.9 Å². The first-order chi connectivity index (χ1) is 13.9. The van der Waals surface area contributed by atoms with Gasteiger partial charge in [-0.15, -0.1) is 0 Å². The fraction of sp³-hybridized carbons (Fsp3) is 0.318. The number of nitrogens with zero attached hydrogens (tertiary/aromatic N) is 2. The van der Waals surface area contributed by atoms with Gasteiger partial charge in [0.05, 0.1) is 17.7 Å². The normalized spacial score (nSPS) is 13.0.